The van der Waals surface area contributed by atoms with Crippen molar-refractivity contribution in [2.75, 3.05) is 0 Å². The lowest BCUT2D eigenvalue weighted by Crippen LogP contribution is -1.78. The Kier molecular flexibility index (Phi) is 5.86. The van der Waals surface area contributed by atoms with Crippen LogP contribution in [0.5, 0.6) is 0 Å². The first-order chi connectivity index (χ1) is 6.11. The number of rotatable bonds is 3. The Morgan fingerprint density at radius 2 is 1.62 bits per heavy atom. The molecular weight excluding hydrogens is 158 g/mol. The third kappa shape index (κ3) is 5.18. The number of allylic oxidation sites excluding steroid dienone is 5. The van der Waals surface area contributed by atoms with Crippen molar-refractivity contribution in [1.82, 2.24) is 0 Å². The highest BCUT2D eigenvalue weighted by Crippen LogP contribution is 2.08. The van der Waals surface area contributed by atoms with Gasteiger partial charge in [0.2, 0.25) is 0 Å². The van der Waals surface area contributed by atoms with Gasteiger partial charge in [0.25, 0.3) is 0 Å². The molecule has 0 spiro atoms. The fourth-order valence-electron chi connectivity index (χ4n) is 0.784. The average Bonchev–Trinajstić information content (AvgIpc) is 2.11. The van der Waals surface area contributed by atoms with E-state index in [1.807, 2.05) is 26.1 Å². The van der Waals surface area contributed by atoms with Crippen molar-refractivity contribution in [2.24, 2.45) is 4.99 Å². The van der Waals surface area contributed by atoms with E-state index in [9.17, 15) is 0 Å². The monoisotopic (exact) mass is 177 g/mol. The van der Waals surface area contributed by atoms with E-state index in [-0.39, 0.29) is 0 Å². The first-order valence-electron chi connectivity index (χ1n) is 4.59. The molecule has 72 valence electrons. The molecule has 0 unspecified atom stereocenters. The van der Waals surface area contributed by atoms with Crippen LogP contribution >= 0.6 is 0 Å². The summed E-state index contributed by atoms with van der Waals surface area (Å²) in [4.78, 5) is 4.27. The number of aliphatic imine (C=N–C) groups is 1. The first-order valence-corrected chi connectivity index (χ1v) is 4.59. The van der Waals surface area contributed by atoms with E-state index in [1.54, 1.807) is 0 Å². The predicted octanol–water partition coefficient (Wildman–Crippen LogP) is 3.89. The molecule has 0 N–H and O–H groups in total. The lowest BCUT2D eigenvalue weighted by Gasteiger charge is -1.96. The Morgan fingerprint density at radius 1 is 1.00 bits per heavy atom. The third-order valence-electron chi connectivity index (χ3n) is 1.74. The second-order valence-corrected chi connectivity index (χ2v) is 3.14. The normalized spacial score (nSPS) is 12.8. The standard InChI is InChI=1S/C12H19N/c1-6-11(5)8-9-12(10(3)4)13-7-2/h6-9H,1-5H3/b9-8+,11-6?,13-7?. The highest BCUT2D eigenvalue weighted by Gasteiger charge is 1.89. The molecule has 0 rings (SSSR count). The minimum Gasteiger partial charge on any atom is -0.262 e. The van der Waals surface area contributed by atoms with Crippen molar-refractivity contribution >= 4 is 6.21 Å². The Balaban J connectivity index is 4.65. The Bertz CT molecular complexity index is 261. The largest absolute Gasteiger partial charge is 0.262 e. The van der Waals surface area contributed by atoms with Gasteiger partial charge in [-0.1, -0.05) is 23.3 Å². The molecular formula is C12H19N. The average molecular weight is 177 g/mol. The summed E-state index contributed by atoms with van der Waals surface area (Å²) in [7, 11) is 0. The topological polar surface area (TPSA) is 12.4 Å². The number of hydrogen-bond acceptors (Lipinski definition) is 1. The van der Waals surface area contributed by atoms with E-state index in [0.717, 1.165) is 5.70 Å². The smallest absolute Gasteiger partial charge is 0.0612 e. The van der Waals surface area contributed by atoms with Crippen LogP contribution in [-0.4, -0.2) is 6.21 Å². The zero-order chi connectivity index (χ0) is 10.3. The second kappa shape index (κ2) is 6.41. The van der Waals surface area contributed by atoms with Gasteiger partial charge in [0.15, 0.2) is 0 Å². The van der Waals surface area contributed by atoms with Crippen LogP contribution in [0.4, 0.5) is 0 Å². The molecule has 13 heavy (non-hydrogen) atoms. The zero-order valence-corrected chi connectivity index (χ0v) is 9.26. The molecule has 0 radical (unpaired) electrons. The first kappa shape index (κ1) is 11.9. The molecule has 0 fully saturated rings. The van der Waals surface area contributed by atoms with Gasteiger partial charge in [-0.15, -0.1) is 0 Å². The fraction of sp³-hybridized carbons (Fsp3) is 0.417. The van der Waals surface area contributed by atoms with E-state index in [2.05, 4.69) is 37.9 Å². The van der Waals surface area contributed by atoms with Crippen molar-refractivity contribution in [3.8, 4) is 0 Å². The van der Waals surface area contributed by atoms with Crippen LogP contribution in [0.3, 0.4) is 0 Å². The summed E-state index contributed by atoms with van der Waals surface area (Å²) < 4.78 is 0. The summed E-state index contributed by atoms with van der Waals surface area (Å²) in [5.74, 6) is 0. The van der Waals surface area contributed by atoms with Gasteiger partial charge in [-0.2, -0.15) is 0 Å². The molecule has 0 atom stereocenters. The summed E-state index contributed by atoms with van der Waals surface area (Å²) in [6.07, 6.45) is 8.02. The van der Waals surface area contributed by atoms with Crippen molar-refractivity contribution in [3.05, 3.63) is 35.1 Å². The van der Waals surface area contributed by atoms with Crippen LogP contribution in [0.2, 0.25) is 0 Å². The van der Waals surface area contributed by atoms with E-state index < -0.39 is 0 Å². The lowest BCUT2D eigenvalue weighted by atomic mass is 10.2. The highest BCUT2D eigenvalue weighted by molar-refractivity contribution is 5.56. The van der Waals surface area contributed by atoms with Crippen LogP contribution in [0.1, 0.15) is 34.6 Å². The highest BCUT2D eigenvalue weighted by atomic mass is 14.7. The van der Waals surface area contributed by atoms with Gasteiger partial charge < -0.3 is 0 Å². The minimum atomic E-state index is 1.05. The van der Waals surface area contributed by atoms with Gasteiger partial charge in [0.1, 0.15) is 0 Å². The summed E-state index contributed by atoms with van der Waals surface area (Å²) in [6.45, 7) is 10.2. The molecule has 0 aliphatic heterocycles. The minimum absolute atomic E-state index is 1.05. The van der Waals surface area contributed by atoms with Gasteiger partial charge in [0.05, 0.1) is 5.70 Å². The maximum Gasteiger partial charge on any atom is 0.0612 e. The second-order valence-electron chi connectivity index (χ2n) is 3.14. The van der Waals surface area contributed by atoms with E-state index in [4.69, 9.17) is 0 Å². The Labute approximate surface area is 81.6 Å². The maximum atomic E-state index is 4.27. The van der Waals surface area contributed by atoms with Crippen molar-refractivity contribution in [2.45, 2.75) is 34.6 Å². The van der Waals surface area contributed by atoms with Gasteiger partial charge in [-0.05, 0) is 40.7 Å². The van der Waals surface area contributed by atoms with Crippen LogP contribution in [0.15, 0.2) is 40.1 Å². The maximum absolute atomic E-state index is 4.27. The van der Waals surface area contributed by atoms with E-state index in [0.29, 0.717) is 0 Å². The Hall–Kier alpha value is -1.11. The molecule has 0 bridgehead atoms. The molecule has 0 heterocycles. The lowest BCUT2D eigenvalue weighted by molar-refractivity contribution is 1.25. The van der Waals surface area contributed by atoms with Crippen LogP contribution in [0.25, 0.3) is 0 Å². The van der Waals surface area contributed by atoms with E-state index >= 15 is 0 Å². The summed E-state index contributed by atoms with van der Waals surface area (Å²) >= 11 is 0. The van der Waals surface area contributed by atoms with Crippen molar-refractivity contribution in [3.63, 3.8) is 0 Å². The summed E-state index contributed by atoms with van der Waals surface area (Å²) in [5, 5.41) is 0. The van der Waals surface area contributed by atoms with E-state index in [1.165, 1.54) is 11.1 Å². The van der Waals surface area contributed by atoms with Crippen LogP contribution in [0, 0.1) is 0 Å². The molecule has 1 nitrogen and oxygen atoms in total. The van der Waals surface area contributed by atoms with Crippen LogP contribution < -0.4 is 0 Å². The molecule has 0 saturated carbocycles. The molecule has 0 aromatic heterocycles. The van der Waals surface area contributed by atoms with Gasteiger partial charge in [0, 0.05) is 6.21 Å². The van der Waals surface area contributed by atoms with Crippen molar-refractivity contribution < 1.29 is 0 Å². The third-order valence-corrected chi connectivity index (χ3v) is 1.74. The fourth-order valence-corrected chi connectivity index (χ4v) is 0.784. The predicted molar refractivity (Wildman–Crippen MR) is 61.1 cm³/mol. The van der Waals surface area contributed by atoms with Gasteiger partial charge >= 0.3 is 0 Å². The molecule has 0 amide bonds. The van der Waals surface area contributed by atoms with Crippen LogP contribution in [-0.2, 0) is 0 Å². The number of nitrogens with zero attached hydrogens (tertiary/aromatic N) is 1. The molecule has 0 aliphatic carbocycles. The van der Waals surface area contributed by atoms with Gasteiger partial charge in [-0.25, -0.2) is 0 Å². The van der Waals surface area contributed by atoms with Gasteiger partial charge in [-0.3, -0.25) is 4.99 Å². The van der Waals surface area contributed by atoms with Crippen molar-refractivity contribution in [1.29, 1.82) is 0 Å². The molecule has 1 heteroatoms. The zero-order valence-electron chi connectivity index (χ0n) is 9.26. The molecule has 0 saturated heterocycles. The Morgan fingerprint density at radius 3 is 2.00 bits per heavy atom. The molecule has 0 aromatic carbocycles. The summed E-state index contributed by atoms with van der Waals surface area (Å²) in [6, 6.07) is 0. The number of hydrogen-bond donors (Lipinski definition) is 0. The quantitative estimate of drug-likeness (QED) is 0.458. The SMILES string of the molecule is CC=NC(/C=C/C(C)=CC)=C(C)C. The molecule has 0 aliphatic rings. The molecule has 0 aromatic rings. The summed E-state index contributed by atoms with van der Waals surface area (Å²) in [5.41, 5.74) is 3.53.